The van der Waals surface area contributed by atoms with Gasteiger partial charge < -0.3 is 9.84 Å². The summed E-state index contributed by atoms with van der Waals surface area (Å²) in [6, 6.07) is 0. The SMILES string of the molecule is CCCCCCOC(=O)C(C(CC)C(=O)O)S(=O)(=O)O.[LiH]. The Hall–Kier alpha value is -0.553. The molecule has 0 rings (SSSR count). The molecule has 0 aromatic heterocycles. The van der Waals surface area contributed by atoms with E-state index in [1.807, 2.05) is 6.92 Å². The molecule has 0 aromatic carbocycles. The van der Waals surface area contributed by atoms with Crippen LogP contribution >= 0.6 is 0 Å². The number of hydrogen-bond acceptors (Lipinski definition) is 5. The van der Waals surface area contributed by atoms with Crippen LogP contribution in [0.5, 0.6) is 0 Å². The molecule has 0 aliphatic rings. The maximum atomic E-state index is 11.7. The molecule has 0 spiro atoms. The maximum absolute atomic E-state index is 11.7. The molecule has 0 radical (unpaired) electrons. The van der Waals surface area contributed by atoms with Crippen LogP contribution in [0.4, 0.5) is 0 Å². The van der Waals surface area contributed by atoms with Gasteiger partial charge in [-0.2, -0.15) is 8.42 Å². The van der Waals surface area contributed by atoms with Crippen LogP contribution in [0.15, 0.2) is 0 Å². The number of carboxylic acid groups (broad SMARTS) is 1. The molecule has 7 nitrogen and oxygen atoms in total. The van der Waals surface area contributed by atoms with E-state index in [2.05, 4.69) is 0 Å². The summed E-state index contributed by atoms with van der Waals surface area (Å²) in [5.41, 5.74) is 0. The third kappa shape index (κ3) is 8.46. The van der Waals surface area contributed by atoms with Gasteiger partial charge in [-0.25, -0.2) is 0 Å². The van der Waals surface area contributed by atoms with Crippen molar-refractivity contribution in [2.24, 2.45) is 5.92 Å². The topological polar surface area (TPSA) is 118 Å². The summed E-state index contributed by atoms with van der Waals surface area (Å²) in [7, 11) is -4.82. The van der Waals surface area contributed by atoms with Crippen LogP contribution in [0.3, 0.4) is 0 Å². The van der Waals surface area contributed by atoms with Gasteiger partial charge >= 0.3 is 30.8 Å². The molecule has 2 N–H and O–H groups in total. The molecule has 0 fully saturated rings. The van der Waals surface area contributed by atoms with E-state index in [9.17, 15) is 18.0 Å². The molecule has 0 bridgehead atoms. The van der Waals surface area contributed by atoms with E-state index in [0.717, 1.165) is 19.3 Å². The predicted octanol–water partition coefficient (Wildman–Crippen LogP) is 0.829. The van der Waals surface area contributed by atoms with E-state index in [1.165, 1.54) is 6.92 Å². The number of rotatable bonds is 10. The quantitative estimate of drug-likeness (QED) is 0.265. The summed E-state index contributed by atoms with van der Waals surface area (Å²) >= 11 is 0. The van der Waals surface area contributed by atoms with Crippen LogP contribution in [0.2, 0.25) is 0 Å². The molecular weight excluding hydrogens is 295 g/mol. The number of carbonyl (C=O) groups excluding carboxylic acids is 1. The van der Waals surface area contributed by atoms with Crippen molar-refractivity contribution >= 4 is 40.9 Å². The van der Waals surface area contributed by atoms with Crippen LogP contribution in [-0.2, 0) is 24.4 Å². The van der Waals surface area contributed by atoms with Gasteiger partial charge in [0.05, 0.1) is 12.5 Å². The van der Waals surface area contributed by atoms with Crippen molar-refractivity contribution < 1.29 is 32.4 Å². The van der Waals surface area contributed by atoms with Crippen molar-refractivity contribution in [2.45, 2.75) is 51.2 Å². The normalized spacial score (nSPS) is 13.9. The standard InChI is InChI=1S/C12H22O7S.Li.H/c1-3-5-6-7-8-19-12(15)10(20(16,17)18)9(4-2)11(13)14;;/h9-10H,3-8H2,1-2H3,(H,13,14)(H,16,17,18);;. The Morgan fingerprint density at radius 1 is 1.14 bits per heavy atom. The first-order valence-corrected chi connectivity index (χ1v) is 8.11. The third-order valence-electron chi connectivity index (χ3n) is 2.92. The van der Waals surface area contributed by atoms with Crippen molar-refractivity contribution in [3.63, 3.8) is 0 Å². The number of carbonyl (C=O) groups is 2. The van der Waals surface area contributed by atoms with E-state index in [4.69, 9.17) is 14.4 Å². The Morgan fingerprint density at radius 3 is 2.10 bits per heavy atom. The summed E-state index contributed by atoms with van der Waals surface area (Å²) in [5, 5.41) is 6.84. The van der Waals surface area contributed by atoms with Gasteiger partial charge in [-0.1, -0.05) is 33.1 Å². The average molecular weight is 318 g/mol. The number of esters is 1. The molecule has 0 saturated heterocycles. The van der Waals surface area contributed by atoms with Crippen LogP contribution in [0.1, 0.15) is 46.0 Å². The Kier molecular flexibility index (Phi) is 12.0. The summed E-state index contributed by atoms with van der Waals surface area (Å²) in [6.07, 6.45) is 3.26. The molecule has 0 aromatic rings. The van der Waals surface area contributed by atoms with Crippen molar-refractivity contribution in [1.29, 1.82) is 0 Å². The molecule has 9 heteroatoms. The molecule has 0 aliphatic carbocycles. The average Bonchev–Trinajstić information content (AvgIpc) is 2.33. The first-order valence-electron chi connectivity index (χ1n) is 6.61. The van der Waals surface area contributed by atoms with Gasteiger partial charge in [0.25, 0.3) is 10.1 Å². The number of carboxylic acids is 1. The summed E-state index contributed by atoms with van der Waals surface area (Å²) < 4.78 is 36.2. The zero-order valence-electron chi connectivity index (χ0n) is 11.7. The molecule has 2 atom stereocenters. The second-order valence-corrected chi connectivity index (χ2v) is 6.05. The zero-order chi connectivity index (χ0) is 15.8. The van der Waals surface area contributed by atoms with Gasteiger partial charge in [0.2, 0.25) is 0 Å². The minimum atomic E-state index is -4.82. The molecule has 0 amide bonds. The molecule has 21 heavy (non-hydrogen) atoms. The fourth-order valence-electron chi connectivity index (χ4n) is 1.80. The van der Waals surface area contributed by atoms with Gasteiger partial charge in [-0.05, 0) is 12.8 Å². The van der Waals surface area contributed by atoms with Gasteiger partial charge in [0, 0.05) is 0 Å². The Bertz CT molecular complexity index is 421. The van der Waals surface area contributed by atoms with Crippen LogP contribution in [-0.4, -0.2) is 60.7 Å². The van der Waals surface area contributed by atoms with Crippen molar-refractivity contribution in [1.82, 2.24) is 0 Å². The number of hydrogen-bond donors (Lipinski definition) is 2. The van der Waals surface area contributed by atoms with E-state index in [1.54, 1.807) is 0 Å². The number of ether oxygens (including phenoxy) is 1. The molecule has 2 unspecified atom stereocenters. The zero-order valence-corrected chi connectivity index (χ0v) is 12.6. The third-order valence-corrected chi connectivity index (χ3v) is 4.08. The first-order chi connectivity index (χ1) is 9.25. The van der Waals surface area contributed by atoms with Crippen molar-refractivity contribution in [3.05, 3.63) is 0 Å². The molecule has 0 aliphatic heterocycles. The van der Waals surface area contributed by atoms with E-state index in [-0.39, 0.29) is 31.9 Å². The second kappa shape index (κ2) is 11.1. The first kappa shape index (κ1) is 22.7. The fraction of sp³-hybridized carbons (Fsp3) is 0.833. The van der Waals surface area contributed by atoms with E-state index >= 15 is 0 Å². The Balaban J connectivity index is 0. The summed E-state index contributed by atoms with van der Waals surface area (Å²) in [4.78, 5) is 22.7. The van der Waals surface area contributed by atoms with Crippen molar-refractivity contribution in [3.8, 4) is 0 Å². The predicted molar refractivity (Wildman–Crippen MR) is 79.0 cm³/mol. The molecule has 0 saturated carbocycles. The van der Waals surface area contributed by atoms with Crippen molar-refractivity contribution in [2.75, 3.05) is 6.61 Å². The Labute approximate surface area is 137 Å². The Morgan fingerprint density at radius 2 is 1.71 bits per heavy atom. The number of aliphatic carboxylic acids is 1. The van der Waals surface area contributed by atoms with Gasteiger partial charge in [0.1, 0.15) is 0 Å². The summed E-state index contributed by atoms with van der Waals surface area (Å²) in [6.45, 7) is 3.45. The fourth-order valence-corrected chi connectivity index (χ4v) is 2.83. The molecule has 0 heterocycles. The van der Waals surface area contributed by atoms with Gasteiger partial charge in [0.15, 0.2) is 5.25 Å². The molecular formula is C12H23LiO7S. The second-order valence-electron chi connectivity index (χ2n) is 4.52. The van der Waals surface area contributed by atoms with Crippen LogP contribution < -0.4 is 0 Å². The van der Waals surface area contributed by atoms with Gasteiger partial charge in [-0.3, -0.25) is 14.1 Å². The van der Waals surface area contributed by atoms with Crippen LogP contribution in [0, 0.1) is 5.92 Å². The van der Waals surface area contributed by atoms with Crippen LogP contribution in [0.25, 0.3) is 0 Å². The minimum absolute atomic E-state index is 0. The number of unbranched alkanes of at least 4 members (excludes halogenated alkanes) is 3. The molecule has 120 valence electrons. The van der Waals surface area contributed by atoms with E-state index < -0.39 is 33.2 Å². The van der Waals surface area contributed by atoms with Gasteiger partial charge in [-0.15, -0.1) is 0 Å². The monoisotopic (exact) mass is 318 g/mol. The van der Waals surface area contributed by atoms with E-state index in [0.29, 0.717) is 6.42 Å². The summed E-state index contributed by atoms with van der Waals surface area (Å²) in [5.74, 6) is -4.19.